The first-order valence-electron chi connectivity index (χ1n) is 4.19. The van der Waals surface area contributed by atoms with E-state index in [2.05, 4.69) is 39.3 Å². The molecule has 0 aliphatic carbocycles. The molecule has 0 radical (unpaired) electrons. The van der Waals surface area contributed by atoms with Crippen molar-refractivity contribution < 1.29 is 108 Å². The maximum absolute atomic E-state index is 8.55. The summed E-state index contributed by atoms with van der Waals surface area (Å²) in [6.07, 6.45) is 0. The van der Waals surface area contributed by atoms with E-state index in [0.29, 0.717) is 0 Å². The third kappa shape index (κ3) is 382. The average molecular weight is 312 g/mol. The molecule has 0 heterocycles. The van der Waals surface area contributed by atoms with E-state index < -0.39 is 7.82 Å². The second-order valence-electron chi connectivity index (χ2n) is 3.91. The third-order valence-electron chi connectivity index (χ3n) is 0. The molecule has 0 aromatic rings. The van der Waals surface area contributed by atoms with Crippen molar-refractivity contribution in [1.82, 2.24) is 0 Å². The summed E-state index contributed by atoms with van der Waals surface area (Å²) in [5.74, 6) is 0. The number of hydrogen-bond donors (Lipinski definition) is 0. The Balaban J connectivity index is -0.0000000216. The second-order valence-corrected chi connectivity index (χ2v) is 11.7. The number of phosphoric acid groups is 1. The van der Waals surface area contributed by atoms with E-state index >= 15 is 0 Å². The fourth-order valence-corrected chi connectivity index (χ4v) is 0. The Hall–Kier alpha value is 3.54. The SMILES string of the molecule is C[SiH](C)C.C[SiH](C)C.O=P([O-])([O-])[O-].[Na+].[Na+].[Na+]. The van der Waals surface area contributed by atoms with Gasteiger partial charge < -0.3 is 19.2 Å². The van der Waals surface area contributed by atoms with Crippen LogP contribution in [-0.4, -0.2) is 17.6 Å². The molecule has 84 valence electrons. The molecule has 0 fully saturated rings. The summed E-state index contributed by atoms with van der Waals surface area (Å²) in [7, 11) is -5.67. The van der Waals surface area contributed by atoms with Crippen LogP contribution in [-0.2, 0) is 4.57 Å². The molecule has 0 rings (SSSR count). The van der Waals surface area contributed by atoms with Gasteiger partial charge in [-0.15, -0.1) is 0 Å². The Kier molecular flexibility index (Phi) is 54.1. The Bertz CT molecular complexity index is 126. The van der Waals surface area contributed by atoms with Crippen molar-refractivity contribution in [2.45, 2.75) is 39.3 Å². The normalized spacial score (nSPS) is 8.19. The van der Waals surface area contributed by atoms with E-state index in [0.717, 1.165) is 0 Å². The molecule has 0 amide bonds. The molecule has 10 heteroatoms. The molecular weight excluding hydrogens is 292 g/mol. The molecule has 0 spiro atoms. The quantitative estimate of drug-likeness (QED) is 0.328. The third-order valence-corrected chi connectivity index (χ3v) is 0. The fraction of sp³-hybridized carbons (Fsp3) is 1.00. The van der Waals surface area contributed by atoms with Crippen molar-refractivity contribution in [3.63, 3.8) is 0 Å². The number of rotatable bonds is 0. The van der Waals surface area contributed by atoms with Crippen LogP contribution in [0.25, 0.3) is 0 Å². The Morgan fingerprint density at radius 1 is 0.688 bits per heavy atom. The van der Waals surface area contributed by atoms with Gasteiger partial charge in [0.05, 0.1) is 0 Å². The molecule has 0 N–H and O–H groups in total. The van der Waals surface area contributed by atoms with E-state index in [4.69, 9.17) is 19.2 Å². The summed E-state index contributed by atoms with van der Waals surface area (Å²) in [5.41, 5.74) is 0. The predicted octanol–water partition coefficient (Wildman–Crippen LogP) is -9.61. The van der Waals surface area contributed by atoms with Gasteiger partial charge in [-0.25, -0.2) is 0 Å². The van der Waals surface area contributed by atoms with Crippen LogP contribution in [0, 0.1) is 0 Å². The Labute approximate surface area is 170 Å². The molecule has 0 unspecified atom stereocenters. The van der Waals surface area contributed by atoms with Gasteiger partial charge in [-0.3, -0.25) is 0 Å². The van der Waals surface area contributed by atoms with Crippen molar-refractivity contribution in [3.05, 3.63) is 0 Å². The van der Waals surface area contributed by atoms with Crippen molar-refractivity contribution in [1.29, 1.82) is 0 Å². The first-order valence-corrected chi connectivity index (χ1v) is 12.6. The van der Waals surface area contributed by atoms with Crippen molar-refractivity contribution >= 4 is 25.4 Å². The molecule has 4 nitrogen and oxygen atoms in total. The molecule has 16 heavy (non-hydrogen) atoms. The van der Waals surface area contributed by atoms with Crippen LogP contribution in [0.15, 0.2) is 0 Å². The van der Waals surface area contributed by atoms with Crippen molar-refractivity contribution in [3.8, 4) is 0 Å². The van der Waals surface area contributed by atoms with E-state index in [-0.39, 0.29) is 106 Å². The van der Waals surface area contributed by atoms with Gasteiger partial charge >= 0.3 is 88.7 Å². The monoisotopic (exact) mass is 312 g/mol. The molecule has 0 aliphatic rings. The van der Waals surface area contributed by atoms with Crippen LogP contribution >= 0.6 is 7.82 Å². The minimum absolute atomic E-state index is 0. The van der Waals surface area contributed by atoms with Gasteiger partial charge in [0.2, 0.25) is 0 Å². The summed E-state index contributed by atoms with van der Waals surface area (Å²) in [4.78, 5) is 25.6. The van der Waals surface area contributed by atoms with Crippen LogP contribution < -0.4 is 103 Å². The zero-order valence-corrected chi connectivity index (χ0v) is 21.4. The average Bonchev–Trinajstić information content (AvgIpc) is 1.50. The zero-order valence-electron chi connectivity index (χ0n) is 12.2. The van der Waals surface area contributed by atoms with Gasteiger partial charge in [0.1, 0.15) is 0 Å². The smallest absolute Gasteiger partial charge is 0.822 e. The summed E-state index contributed by atoms with van der Waals surface area (Å²) in [6.45, 7) is 13.8. The van der Waals surface area contributed by atoms with Crippen LogP contribution in [0.3, 0.4) is 0 Å². The molecule has 0 saturated carbocycles. The maximum Gasteiger partial charge on any atom is 1.00 e. The first-order chi connectivity index (χ1) is 5.46. The molecule has 0 aliphatic heterocycles. The standard InChI is InChI=1S/2C3H10Si.3Na.H3O4P/c2*1-4(2)3;;;;1-5(2,3)4/h2*4H,1-3H3;;;;(H3,1,2,3,4)/q;;3*+1;/p-3. The predicted molar refractivity (Wildman–Crippen MR) is 57.1 cm³/mol. The molecular formula is C6H20Na3O4PSi2. The minimum Gasteiger partial charge on any atom is -0.822 e. The Morgan fingerprint density at radius 3 is 0.688 bits per heavy atom. The van der Waals surface area contributed by atoms with Gasteiger partial charge in [-0.05, 0) is 0 Å². The van der Waals surface area contributed by atoms with E-state index in [1.165, 1.54) is 0 Å². The van der Waals surface area contributed by atoms with Gasteiger partial charge in [-0.2, -0.15) is 7.82 Å². The fourth-order valence-electron chi connectivity index (χ4n) is 0. The molecule has 0 bridgehead atoms. The van der Waals surface area contributed by atoms with E-state index in [1.54, 1.807) is 0 Å². The molecule has 0 atom stereocenters. The van der Waals surface area contributed by atoms with Crippen molar-refractivity contribution in [2.24, 2.45) is 0 Å². The summed E-state index contributed by atoms with van der Waals surface area (Å²) < 4.78 is 8.55. The minimum atomic E-state index is -5.39. The second kappa shape index (κ2) is 23.6. The van der Waals surface area contributed by atoms with Gasteiger partial charge in [0, 0.05) is 17.6 Å². The van der Waals surface area contributed by atoms with Gasteiger partial charge in [0.15, 0.2) is 0 Å². The van der Waals surface area contributed by atoms with E-state index in [9.17, 15) is 0 Å². The van der Waals surface area contributed by atoms with Crippen LogP contribution in [0.2, 0.25) is 39.3 Å². The largest absolute Gasteiger partial charge is 1.00 e. The van der Waals surface area contributed by atoms with Crippen LogP contribution in [0.1, 0.15) is 0 Å². The van der Waals surface area contributed by atoms with Crippen LogP contribution in [0.5, 0.6) is 0 Å². The zero-order chi connectivity index (χ0) is 11.7. The molecule has 0 aromatic carbocycles. The summed E-state index contributed by atoms with van der Waals surface area (Å²) >= 11 is 0. The summed E-state index contributed by atoms with van der Waals surface area (Å²) in [5, 5.41) is 0. The first kappa shape index (κ1) is 36.6. The summed E-state index contributed by atoms with van der Waals surface area (Å²) in [6, 6.07) is 0. The maximum atomic E-state index is 8.55. The van der Waals surface area contributed by atoms with Crippen molar-refractivity contribution in [2.75, 3.05) is 0 Å². The molecule has 0 saturated heterocycles. The number of hydrogen-bond acceptors (Lipinski definition) is 4. The van der Waals surface area contributed by atoms with E-state index in [1.807, 2.05) is 0 Å². The molecule has 0 aromatic heterocycles. The Morgan fingerprint density at radius 2 is 0.688 bits per heavy atom. The van der Waals surface area contributed by atoms with Gasteiger partial charge in [0.25, 0.3) is 0 Å². The topological polar surface area (TPSA) is 86.2 Å². The van der Waals surface area contributed by atoms with Crippen LogP contribution in [0.4, 0.5) is 0 Å². The van der Waals surface area contributed by atoms with Gasteiger partial charge in [-0.1, -0.05) is 39.3 Å².